The van der Waals surface area contributed by atoms with E-state index in [2.05, 4.69) is 10.3 Å². The minimum absolute atomic E-state index is 0.127. The van der Waals surface area contributed by atoms with Crippen LogP contribution < -0.4 is 11.0 Å². The third kappa shape index (κ3) is 3.35. The van der Waals surface area contributed by atoms with Gasteiger partial charge in [-0.15, -0.1) is 0 Å². The number of carbonyl (C=O) groups excluding carboxylic acids is 1. The second kappa shape index (κ2) is 6.91. The van der Waals surface area contributed by atoms with Crippen molar-refractivity contribution in [3.8, 4) is 0 Å². The maximum absolute atomic E-state index is 12.1. The Kier molecular flexibility index (Phi) is 4.70. The molecule has 126 valence electrons. The highest BCUT2D eigenvalue weighted by atomic mass is 16.5. The molecule has 1 amide bonds. The van der Waals surface area contributed by atoms with E-state index in [1.165, 1.54) is 16.8 Å². The first-order chi connectivity index (χ1) is 11.6. The summed E-state index contributed by atoms with van der Waals surface area (Å²) in [6.07, 6.45) is -0.643. The van der Waals surface area contributed by atoms with Gasteiger partial charge in [0.25, 0.3) is 5.91 Å². The van der Waals surface area contributed by atoms with Gasteiger partial charge in [-0.3, -0.25) is 9.36 Å². The standard InChI is InChI=1S/C16H17N3O5/c20-9-12-11(21)8-14(24-12)19-7-6-13(18-16(19)23)17-15(22)10-4-2-1-3-5-10/h1-7,11-12,14,20-21H,8-9H2,(H,17,18,22,23)/t11-,12+,14-/m1/s1. The fourth-order valence-corrected chi connectivity index (χ4v) is 2.53. The van der Waals surface area contributed by atoms with Crippen LogP contribution in [0, 0.1) is 0 Å². The highest BCUT2D eigenvalue weighted by Gasteiger charge is 2.34. The first kappa shape index (κ1) is 16.3. The van der Waals surface area contributed by atoms with E-state index in [4.69, 9.17) is 9.84 Å². The van der Waals surface area contributed by atoms with Crippen LogP contribution in [-0.2, 0) is 4.74 Å². The number of amides is 1. The molecular formula is C16H17N3O5. The lowest BCUT2D eigenvalue weighted by Crippen LogP contribution is -2.28. The molecule has 1 aromatic carbocycles. The van der Waals surface area contributed by atoms with E-state index >= 15 is 0 Å². The predicted molar refractivity (Wildman–Crippen MR) is 84.5 cm³/mol. The first-order valence-corrected chi connectivity index (χ1v) is 7.48. The van der Waals surface area contributed by atoms with E-state index in [1.807, 2.05) is 0 Å². The summed E-state index contributed by atoms with van der Waals surface area (Å²) in [5.41, 5.74) is -0.159. The van der Waals surface area contributed by atoms with Gasteiger partial charge in [0.1, 0.15) is 18.1 Å². The van der Waals surface area contributed by atoms with Crippen molar-refractivity contribution in [1.82, 2.24) is 9.55 Å². The predicted octanol–water partition coefficient (Wildman–Crippen LogP) is 0.136. The van der Waals surface area contributed by atoms with Crippen LogP contribution in [0.1, 0.15) is 23.0 Å². The van der Waals surface area contributed by atoms with Crippen LogP contribution in [0.2, 0.25) is 0 Å². The Morgan fingerprint density at radius 2 is 2.08 bits per heavy atom. The lowest BCUT2D eigenvalue weighted by atomic mass is 10.2. The number of anilines is 1. The summed E-state index contributed by atoms with van der Waals surface area (Å²) >= 11 is 0. The number of carbonyl (C=O) groups is 1. The van der Waals surface area contributed by atoms with Gasteiger partial charge in [-0.2, -0.15) is 4.98 Å². The first-order valence-electron chi connectivity index (χ1n) is 7.48. The Morgan fingerprint density at radius 3 is 2.71 bits per heavy atom. The molecule has 3 atom stereocenters. The van der Waals surface area contributed by atoms with Crippen LogP contribution >= 0.6 is 0 Å². The van der Waals surface area contributed by atoms with Gasteiger partial charge in [-0.1, -0.05) is 18.2 Å². The average Bonchev–Trinajstić information content (AvgIpc) is 2.96. The van der Waals surface area contributed by atoms with Crippen molar-refractivity contribution in [3.63, 3.8) is 0 Å². The Balaban J connectivity index is 1.74. The summed E-state index contributed by atoms with van der Waals surface area (Å²) in [6, 6.07) is 10.1. The quantitative estimate of drug-likeness (QED) is 0.734. The van der Waals surface area contributed by atoms with E-state index in [-0.39, 0.29) is 24.8 Å². The van der Waals surface area contributed by atoms with E-state index in [0.717, 1.165) is 0 Å². The van der Waals surface area contributed by atoms with Crippen LogP contribution in [0.25, 0.3) is 0 Å². The largest absolute Gasteiger partial charge is 0.394 e. The second-order valence-corrected chi connectivity index (χ2v) is 5.44. The molecular weight excluding hydrogens is 314 g/mol. The number of hydrogen-bond acceptors (Lipinski definition) is 6. The molecule has 2 aromatic rings. The Bertz CT molecular complexity index is 777. The Labute approximate surface area is 137 Å². The smallest absolute Gasteiger partial charge is 0.351 e. The normalized spacial score (nSPS) is 23.2. The molecule has 2 heterocycles. The fourth-order valence-electron chi connectivity index (χ4n) is 2.53. The highest BCUT2D eigenvalue weighted by molar-refractivity contribution is 6.03. The summed E-state index contributed by atoms with van der Waals surface area (Å²) in [4.78, 5) is 28.0. The summed E-state index contributed by atoms with van der Waals surface area (Å²) in [6.45, 7) is -0.328. The molecule has 0 saturated carbocycles. The molecule has 0 spiro atoms. The third-order valence-corrected chi connectivity index (χ3v) is 3.80. The van der Waals surface area contributed by atoms with Gasteiger partial charge in [-0.05, 0) is 18.2 Å². The lowest BCUT2D eigenvalue weighted by molar-refractivity contribution is -0.0458. The highest BCUT2D eigenvalue weighted by Crippen LogP contribution is 2.27. The molecule has 1 aliphatic rings. The lowest BCUT2D eigenvalue weighted by Gasteiger charge is -2.14. The van der Waals surface area contributed by atoms with Gasteiger partial charge in [-0.25, -0.2) is 4.79 Å². The molecule has 8 nitrogen and oxygen atoms in total. The molecule has 24 heavy (non-hydrogen) atoms. The molecule has 0 aliphatic carbocycles. The molecule has 0 radical (unpaired) electrons. The number of hydrogen-bond donors (Lipinski definition) is 3. The number of aromatic nitrogens is 2. The van der Waals surface area contributed by atoms with Crippen molar-refractivity contribution < 1.29 is 19.7 Å². The zero-order chi connectivity index (χ0) is 17.1. The number of nitrogens with one attached hydrogen (secondary N) is 1. The SMILES string of the molecule is O=C(Nc1ccn([C@H]2C[C@@H](O)[C@H](CO)O2)c(=O)n1)c1ccccc1. The minimum Gasteiger partial charge on any atom is -0.394 e. The van der Waals surface area contributed by atoms with E-state index < -0.39 is 24.1 Å². The molecule has 0 bridgehead atoms. The number of aliphatic hydroxyl groups excluding tert-OH is 2. The number of nitrogens with zero attached hydrogens (tertiary/aromatic N) is 2. The van der Waals surface area contributed by atoms with E-state index in [0.29, 0.717) is 5.56 Å². The topological polar surface area (TPSA) is 114 Å². The minimum atomic E-state index is -0.843. The number of benzene rings is 1. The Hall–Kier alpha value is -2.55. The van der Waals surface area contributed by atoms with Crippen LogP contribution in [0.4, 0.5) is 5.82 Å². The molecule has 1 aromatic heterocycles. The zero-order valence-corrected chi connectivity index (χ0v) is 12.7. The molecule has 3 rings (SSSR count). The molecule has 1 saturated heterocycles. The zero-order valence-electron chi connectivity index (χ0n) is 12.7. The van der Waals surface area contributed by atoms with Crippen LogP contribution in [0.3, 0.4) is 0 Å². The van der Waals surface area contributed by atoms with E-state index in [1.54, 1.807) is 30.3 Å². The van der Waals surface area contributed by atoms with Crippen LogP contribution in [0.5, 0.6) is 0 Å². The Morgan fingerprint density at radius 1 is 1.33 bits per heavy atom. The summed E-state index contributed by atoms with van der Waals surface area (Å²) in [5, 5.41) is 21.4. The summed E-state index contributed by atoms with van der Waals surface area (Å²) < 4.78 is 6.63. The van der Waals surface area contributed by atoms with Crippen LogP contribution in [-0.4, -0.2) is 44.5 Å². The van der Waals surface area contributed by atoms with Gasteiger partial charge in [0, 0.05) is 18.2 Å². The molecule has 0 unspecified atom stereocenters. The van der Waals surface area contributed by atoms with Crippen molar-refractivity contribution in [3.05, 3.63) is 58.6 Å². The van der Waals surface area contributed by atoms with E-state index in [9.17, 15) is 14.7 Å². The monoisotopic (exact) mass is 331 g/mol. The summed E-state index contributed by atoms with van der Waals surface area (Å²) in [5.74, 6) is -0.240. The molecule has 1 fully saturated rings. The average molecular weight is 331 g/mol. The van der Waals surface area contributed by atoms with Gasteiger partial charge in [0.2, 0.25) is 0 Å². The summed E-state index contributed by atoms with van der Waals surface area (Å²) in [7, 11) is 0. The maximum atomic E-state index is 12.1. The fraction of sp³-hybridized carbons (Fsp3) is 0.312. The van der Waals surface area contributed by atoms with Crippen molar-refractivity contribution in [2.75, 3.05) is 11.9 Å². The maximum Gasteiger partial charge on any atom is 0.351 e. The van der Waals surface area contributed by atoms with Gasteiger partial charge < -0.3 is 20.3 Å². The van der Waals surface area contributed by atoms with Crippen molar-refractivity contribution in [1.29, 1.82) is 0 Å². The second-order valence-electron chi connectivity index (χ2n) is 5.44. The van der Waals surface area contributed by atoms with Gasteiger partial charge in [0.05, 0.1) is 12.7 Å². The van der Waals surface area contributed by atoms with Gasteiger partial charge in [0.15, 0.2) is 0 Å². The number of aliphatic hydroxyl groups is 2. The molecule has 1 aliphatic heterocycles. The van der Waals surface area contributed by atoms with Crippen LogP contribution in [0.15, 0.2) is 47.4 Å². The number of ether oxygens (including phenoxy) is 1. The van der Waals surface area contributed by atoms with Crippen molar-refractivity contribution in [2.45, 2.75) is 24.9 Å². The molecule has 3 N–H and O–H groups in total. The molecule has 8 heteroatoms. The number of rotatable bonds is 4. The third-order valence-electron chi connectivity index (χ3n) is 3.80. The van der Waals surface area contributed by atoms with Crippen molar-refractivity contribution in [2.24, 2.45) is 0 Å². The van der Waals surface area contributed by atoms with Crippen molar-refractivity contribution >= 4 is 11.7 Å². The van der Waals surface area contributed by atoms with Gasteiger partial charge >= 0.3 is 5.69 Å².